The van der Waals surface area contributed by atoms with E-state index in [1.165, 1.54) is 6.42 Å². The molecule has 0 saturated carbocycles. The average Bonchev–Trinajstić information content (AvgIpc) is 2.52. The molecule has 0 aliphatic heterocycles. The van der Waals surface area contributed by atoms with Gasteiger partial charge in [-0.2, -0.15) is 0 Å². The summed E-state index contributed by atoms with van der Waals surface area (Å²) in [5.74, 6) is -3.22. The van der Waals surface area contributed by atoms with Crippen molar-refractivity contribution in [1.29, 1.82) is 0 Å². The summed E-state index contributed by atoms with van der Waals surface area (Å²) in [5.41, 5.74) is 6.06. The topological polar surface area (TPSA) is 98.0 Å². The van der Waals surface area contributed by atoms with Gasteiger partial charge < -0.3 is 20.4 Å². The van der Waals surface area contributed by atoms with Crippen LogP contribution in [0.1, 0.15) is 89.9 Å². The van der Waals surface area contributed by atoms with E-state index >= 15 is 0 Å². The van der Waals surface area contributed by atoms with E-state index in [1.807, 2.05) is 12.2 Å². The minimum Gasteiger partial charge on any atom is -0.481 e. The first-order valence-electron chi connectivity index (χ1n) is 9.45. The van der Waals surface area contributed by atoms with E-state index in [2.05, 4.69) is 11.5 Å². The van der Waals surface area contributed by atoms with Gasteiger partial charge in [-0.15, -0.1) is 0 Å². The SMILES string of the molecule is O=C(O)CCCCCCCCC=C=C=CCCCCCCC(O)(O)O. The molecular formula is C20H34O5. The van der Waals surface area contributed by atoms with Gasteiger partial charge in [-0.3, -0.25) is 4.79 Å². The maximum atomic E-state index is 10.3. The molecule has 0 aliphatic rings. The molecule has 0 fully saturated rings. The van der Waals surface area contributed by atoms with Crippen molar-refractivity contribution in [2.75, 3.05) is 0 Å². The fourth-order valence-electron chi connectivity index (χ4n) is 2.45. The third-order valence-electron chi connectivity index (χ3n) is 3.89. The smallest absolute Gasteiger partial charge is 0.303 e. The quantitative estimate of drug-likeness (QED) is 0.191. The Morgan fingerprint density at radius 1 is 0.720 bits per heavy atom. The Hall–Kier alpha value is -1.35. The monoisotopic (exact) mass is 354 g/mol. The van der Waals surface area contributed by atoms with Crippen molar-refractivity contribution >= 4 is 5.97 Å². The Balaban J connectivity index is 3.38. The summed E-state index contributed by atoms with van der Waals surface area (Å²) in [6, 6.07) is 0. The predicted molar refractivity (Wildman–Crippen MR) is 97.8 cm³/mol. The van der Waals surface area contributed by atoms with E-state index in [0.717, 1.165) is 64.2 Å². The number of carboxylic acids is 1. The van der Waals surface area contributed by atoms with E-state index in [4.69, 9.17) is 20.4 Å². The zero-order chi connectivity index (χ0) is 18.8. The fourth-order valence-corrected chi connectivity index (χ4v) is 2.45. The lowest BCUT2D eigenvalue weighted by Gasteiger charge is -2.12. The number of aliphatic carboxylic acids is 1. The normalized spacial score (nSPS) is 10.8. The van der Waals surface area contributed by atoms with Gasteiger partial charge in [-0.25, -0.2) is 0 Å². The van der Waals surface area contributed by atoms with Gasteiger partial charge >= 0.3 is 5.97 Å². The molecule has 0 spiro atoms. The van der Waals surface area contributed by atoms with Crippen molar-refractivity contribution in [1.82, 2.24) is 0 Å². The number of allylic oxidation sites excluding steroid dienone is 2. The Labute approximate surface area is 151 Å². The van der Waals surface area contributed by atoms with Crippen LogP contribution in [0.15, 0.2) is 23.6 Å². The molecule has 0 aromatic rings. The maximum absolute atomic E-state index is 10.3. The van der Waals surface area contributed by atoms with Crippen molar-refractivity contribution in [3.63, 3.8) is 0 Å². The first kappa shape index (κ1) is 23.6. The number of rotatable bonds is 16. The molecule has 0 heterocycles. The Morgan fingerprint density at radius 3 is 1.64 bits per heavy atom. The van der Waals surface area contributed by atoms with Crippen molar-refractivity contribution in [2.45, 2.75) is 95.9 Å². The van der Waals surface area contributed by atoms with E-state index in [1.54, 1.807) is 0 Å². The molecule has 4 N–H and O–H groups in total. The fraction of sp³-hybridized carbons (Fsp3) is 0.750. The second kappa shape index (κ2) is 16.1. The number of unbranched alkanes of at least 4 members (excludes halogenated alkanes) is 10. The largest absolute Gasteiger partial charge is 0.481 e. The van der Waals surface area contributed by atoms with Crippen LogP contribution in [0.5, 0.6) is 0 Å². The number of hydrogen-bond donors (Lipinski definition) is 4. The zero-order valence-corrected chi connectivity index (χ0v) is 15.3. The molecule has 0 atom stereocenters. The van der Waals surface area contributed by atoms with Gasteiger partial charge in [0.2, 0.25) is 0 Å². The lowest BCUT2D eigenvalue weighted by molar-refractivity contribution is -0.315. The summed E-state index contributed by atoms with van der Waals surface area (Å²) in [6.45, 7) is 0. The molecule has 0 bridgehead atoms. The summed E-state index contributed by atoms with van der Waals surface area (Å²) >= 11 is 0. The summed E-state index contributed by atoms with van der Waals surface area (Å²) in [5, 5.41) is 34.7. The second-order valence-corrected chi connectivity index (χ2v) is 6.48. The molecule has 0 aliphatic carbocycles. The Kier molecular flexibility index (Phi) is 15.3. The van der Waals surface area contributed by atoms with Crippen LogP contribution >= 0.6 is 0 Å². The Bertz CT molecular complexity index is 424. The predicted octanol–water partition coefficient (Wildman–Crippen LogP) is 4.03. The summed E-state index contributed by atoms with van der Waals surface area (Å²) in [4.78, 5) is 10.3. The molecule has 5 heteroatoms. The van der Waals surface area contributed by atoms with Gasteiger partial charge in [-0.1, -0.05) is 50.0 Å². The number of carboxylic acid groups (broad SMARTS) is 1. The summed E-state index contributed by atoms with van der Waals surface area (Å²) in [7, 11) is 0. The van der Waals surface area contributed by atoms with Gasteiger partial charge in [0.05, 0.1) is 0 Å². The van der Waals surface area contributed by atoms with Gasteiger partial charge in [0, 0.05) is 12.8 Å². The number of carbonyl (C=O) groups is 1. The van der Waals surface area contributed by atoms with Gasteiger partial charge in [-0.05, 0) is 50.7 Å². The number of aliphatic hydroxyl groups is 3. The lowest BCUT2D eigenvalue weighted by Crippen LogP contribution is -2.26. The number of hydrogen-bond acceptors (Lipinski definition) is 4. The zero-order valence-electron chi connectivity index (χ0n) is 15.3. The molecule has 0 saturated heterocycles. The van der Waals surface area contributed by atoms with E-state index in [0.29, 0.717) is 6.42 Å². The first-order chi connectivity index (χ1) is 11.9. The van der Waals surface area contributed by atoms with Gasteiger partial charge in [0.15, 0.2) is 0 Å². The van der Waals surface area contributed by atoms with Crippen LogP contribution in [0.2, 0.25) is 0 Å². The van der Waals surface area contributed by atoms with Gasteiger partial charge in [0.1, 0.15) is 0 Å². The van der Waals surface area contributed by atoms with Gasteiger partial charge in [0.25, 0.3) is 5.97 Å². The minimum absolute atomic E-state index is 0.00614. The molecule has 0 aromatic heterocycles. The van der Waals surface area contributed by atoms with Crippen molar-refractivity contribution < 1.29 is 25.2 Å². The van der Waals surface area contributed by atoms with Crippen molar-refractivity contribution in [3.8, 4) is 0 Å². The van der Waals surface area contributed by atoms with Crippen LogP contribution in [0.4, 0.5) is 0 Å². The van der Waals surface area contributed by atoms with Crippen LogP contribution < -0.4 is 0 Å². The van der Waals surface area contributed by atoms with E-state index < -0.39 is 11.9 Å². The third-order valence-corrected chi connectivity index (χ3v) is 3.89. The van der Waals surface area contributed by atoms with Crippen LogP contribution in [0, 0.1) is 0 Å². The highest BCUT2D eigenvalue weighted by molar-refractivity contribution is 5.66. The van der Waals surface area contributed by atoms with Crippen LogP contribution in [-0.2, 0) is 4.79 Å². The van der Waals surface area contributed by atoms with E-state index in [9.17, 15) is 4.79 Å². The third kappa shape index (κ3) is 22.6. The van der Waals surface area contributed by atoms with Crippen molar-refractivity contribution in [2.24, 2.45) is 0 Å². The summed E-state index contributed by atoms with van der Waals surface area (Å²) < 4.78 is 0. The van der Waals surface area contributed by atoms with Crippen LogP contribution in [0.3, 0.4) is 0 Å². The second-order valence-electron chi connectivity index (χ2n) is 6.48. The van der Waals surface area contributed by atoms with E-state index in [-0.39, 0.29) is 12.8 Å². The first-order valence-corrected chi connectivity index (χ1v) is 9.45. The highest BCUT2D eigenvalue weighted by atomic mass is 16.7. The molecule has 0 amide bonds. The standard InChI is InChI=1S/C20H34O5/c21-19(22)17-15-13-11-9-7-5-3-1-2-4-6-8-10-12-14-16-18-20(23,24)25/h1,6,23-25H,3,5,7-18H2,(H,21,22). The minimum atomic E-state index is -2.52. The molecule has 0 unspecified atom stereocenters. The molecule has 0 radical (unpaired) electrons. The molecule has 144 valence electrons. The highest BCUT2D eigenvalue weighted by Gasteiger charge is 2.16. The summed E-state index contributed by atoms with van der Waals surface area (Å²) in [6.07, 6.45) is 16.0. The van der Waals surface area contributed by atoms with Crippen molar-refractivity contribution in [3.05, 3.63) is 23.6 Å². The lowest BCUT2D eigenvalue weighted by atomic mass is 10.1. The molecule has 0 rings (SSSR count). The highest BCUT2D eigenvalue weighted by Crippen LogP contribution is 2.11. The Morgan fingerprint density at radius 2 is 1.16 bits per heavy atom. The maximum Gasteiger partial charge on any atom is 0.303 e. The van der Waals surface area contributed by atoms with Crippen LogP contribution in [-0.4, -0.2) is 32.4 Å². The molecular weight excluding hydrogens is 320 g/mol. The molecule has 5 nitrogen and oxygen atoms in total. The van der Waals surface area contributed by atoms with Crippen LogP contribution in [0.25, 0.3) is 0 Å². The molecule has 25 heavy (non-hydrogen) atoms. The molecule has 0 aromatic carbocycles. The average molecular weight is 354 g/mol.